The fourth-order valence-electron chi connectivity index (χ4n) is 1.24. The maximum Gasteiger partial charge on any atom is 0.274 e. The molecule has 0 aliphatic rings. The van der Waals surface area contributed by atoms with Gasteiger partial charge in [0.1, 0.15) is 5.69 Å². The van der Waals surface area contributed by atoms with Gasteiger partial charge in [0.05, 0.1) is 17.6 Å². The minimum atomic E-state index is -0.378. The molecule has 3 N–H and O–H groups in total. The van der Waals surface area contributed by atoms with E-state index < -0.39 is 0 Å². The summed E-state index contributed by atoms with van der Waals surface area (Å²) in [6.45, 7) is 0. The lowest BCUT2D eigenvalue weighted by Gasteiger charge is -2.06. The first-order valence-corrected chi connectivity index (χ1v) is 6.07. The molecule has 0 spiro atoms. The molecular weight excluding hydrogens is 320 g/mol. The quantitative estimate of drug-likeness (QED) is 0.831. The van der Waals surface area contributed by atoms with Crippen LogP contribution in [0, 0.1) is 0 Å². The first-order valence-electron chi connectivity index (χ1n) is 4.90. The predicted octanol–water partition coefficient (Wildman–Crippen LogP) is 2.73. The average molecular weight is 328 g/mol. The van der Waals surface area contributed by atoms with Crippen molar-refractivity contribution in [2.75, 3.05) is 11.1 Å². The maximum absolute atomic E-state index is 11.9. The molecule has 0 saturated carbocycles. The Morgan fingerprint density at radius 2 is 2.11 bits per heavy atom. The van der Waals surface area contributed by atoms with E-state index in [1.807, 2.05) is 0 Å². The zero-order valence-electron chi connectivity index (χ0n) is 9.02. The van der Waals surface area contributed by atoms with E-state index in [0.717, 1.165) is 0 Å². The SMILES string of the molecule is Nc1ccc(C(=O)Nc2cc(Br)cnc2Cl)nc1. The highest BCUT2D eigenvalue weighted by Gasteiger charge is 2.10. The maximum atomic E-state index is 11.9. The zero-order chi connectivity index (χ0) is 13.1. The number of nitrogens with one attached hydrogen (secondary N) is 1. The summed E-state index contributed by atoms with van der Waals surface area (Å²) in [6, 6.07) is 4.79. The van der Waals surface area contributed by atoms with Gasteiger partial charge in [0.15, 0.2) is 5.15 Å². The Kier molecular flexibility index (Phi) is 3.78. The number of hydrogen-bond acceptors (Lipinski definition) is 4. The van der Waals surface area contributed by atoms with Crippen LogP contribution in [0.4, 0.5) is 11.4 Å². The van der Waals surface area contributed by atoms with Crippen molar-refractivity contribution in [3.8, 4) is 0 Å². The van der Waals surface area contributed by atoms with Crippen LogP contribution in [0.1, 0.15) is 10.5 Å². The molecule has 0 bridgehead atoms. The molecule has 0 aromatic carbocycles. The van der Waals surface area contributed by atoms with Gasteiger partial charge < -0.3 is 11.1 Å². The molecule has 2 heterocycles. The normalized spacial score (nSPS) is 10.1. The van der Waals surface area contributed by atoms with Crippen LogP contribution in [-0.2, 0) is 0 Å². The van der Waals surface area contributed by atoms with Crippen LogP contribution in [0.2, 0.25) is 5.15 Å². The summed E-state index contributed by atoms with van der Waals surface area (Å²) in [5.74, 6) is -0.378. The molecule has 0 saturated heterocycles. The zero-order valence-corrected chi connectivity index (χ0v) is 11.4. The molecule has 92 valence electrons. The van der Waals surface area contributed by atoms with E-state index in [4.69, 9.17) is 17.3 Å². The van der Waals surface area contributed by atoms with Crippen LogP contribution < -0.4 is 11.1 Å². The van der Waals surface area contributed by atoms with Gasteiger partial charge in [0.2, 0.25) is 0 Å². The van der Waals surface area contributed by atoms with Crippen molar-refractivity contribution in [2.45, 2.75) is 0 Å². The smallest absolute Gasteiger partial charge is 0.274 e. The molecule has 1 amide bonds. The summed E-state index contributed by atoms with van der Waals surface area (Å²) in [5.41, 5.74) is 6.65. The van der Waals surface area contributed by atoms with Crippen molar-refractivity contribution < 1.29 is 4.79 Å². The van der Waals surface area contributed by atoms with E-state index in [0.29, 0.717) is 15.8 Å². The van der Waals surface area contributed by atoms with Crippen molar-refractivity contribution in [2.24, 2.45) is 0 Å². The Morgan fingerprint density at radius 1 is 1.33 bits per heavy atom. The largest absolute Gasteiger partial charge is 0.397 e. The van der Waals surface area contributed by atoms with Crippen LogP contribution >= 0.6 is 27.5 Å². The third-order valence-electron chi connectivity index (χ3n) is 2.07. The van der Waals surface area contributed by atoms with Gasteiger partial charge in [-0.05, 0) is 34.1 Å². The van der Waals surface area contributed by atoms with Crippen molar-refractivity contribution in [1.29, 1.82) is 0 Å². The van der Waals surface area contributed by atoms with E-state index in [-0.39, 0.29) is 16.8 Å². The molecule has 5 nitrogen and oxygen atoms in total. The first kappa shape index (κ1) is 12.8. The third-order valence-corrected chi connectivity index (χ3v) is 2.81. The van der Waals surface area contributed by atoms with Gasteiger partial charge in [-0.1, -0.05) is 11.6 Å². The summed E-state index contributed by atoms with van der Waals surface area (Å²) in [7, 11) is 0. The molecule has 0 atom stereocenters. The van der Waals surface area contributed by atoms with Crippen LogP contribution in [0.25, 0.3) is 0 Å². The second-order valence-corrected chi connectivity index (χ2v) is 4.70. The number of carbonyl (C=O) groups excluding carboxylic acids is 1. The van der Waals surface area contributed by atoms with Crippen molar-refractivity contribution in [3.05, 3.63) is 45.9 Å². The number of nitrogen functional groups attached to an aromatic ring is 1. The van der Waals surface area contributed by atoms with E-state index in [9.17, 15) is 4.79 Å². The Labute approximate surface area is 117 Å². The third kappa shape index (κ3) is 2.96. The highest BCUT2D eigenvalue weighted by molar-refractivity contribution is 9.10. The fourth-order valence-corrected chi connectivity index (χ4v) is 1.72. The van der Waals surface area contributed by atoms with Gasteiger partial charge in [-0.25, -0.2) is 9.97 Å². The molecule has 0 fully saturated rings. The molecule has 0 unspecified atom stereocenters. The number of nitrogens with two attached hydrogens (primary N) is 1. The Bertz CT molecular complexity index is 588. The number of nitrogens with zero attached hydrogens (tertiary/aromatic N) is 2. The molecule has 18 heavy (non-hydrogen) atoms. The summed E-state index contributed by atoms with van der Waals surface area (Å²) < 4.78 is 0.715. The number of hydrogen-bond donors (Lipinski definition) is 2. The van der Waals surface area contributed by atoms with Crippen molar-refractivity contribution in [1.82, 2.24) is 9.97 Å². The molecule has 0 radical (unpaired) electrons. The fraction of sp³-hybridized carbons (Fsp3) is 0. The molecular formula is C11H8BrClN4O. The van der Waals surface area contributed by atoms with Gasteiger partial charge >= 0.3 is 0 Å². The lowest BCUT2D eigenvalue weighted by molar-refractivity contribution is 0.102. The highest BCUT2D eigenvalue weighted by Crippen LogP contribution is 2.23. The predicted molar refractivity (Wildman–Crippen MR) is 73.5 cm³/mol. The summed E-state index contributed by atoms with van der Waals surface area (Å²) in [5, 5.41) is 2.83. The molecule has 2 rings (SSSR count). The lowest BCUT2D eigenvalue weighted by Crippen LogP contribution is -2.14. The van der Waals surface area contributed by atoms with Gasteiger partial charge in [0, 0.05) is 10.7 Å². The number of halogens is 2. The van der Waals surface area contributed by atoms with E-state index in [1.165, 1.54) is 12.3 Å². The topological polar surface area (TPSA) is 80.9 Å². The minimum absolute atomic E-state index is 0.210. The van der Waals surface area contributed by atoms with E-state index in [1.54, 1.807) is 18.3 Å². The number of pyridine rings is 2. The monoisotopic (exact) mass is 326 g/mol. The Morgan fingerprint density at radius 3 is 2.78 bits per heavy atom. The molecule has 7 heteroatoms. The highest BCUT2D eigenvalue weighted by atomic mass is 79.9. The van der Waals surface area contributed by atoms with Gasteiger partial charge in [-0.3, -0.25) is 4.79 Å². The van der Waals surface area contributed by atoms with Crippen molar-refractivity contribution >= 4 is 44.8 Å². The van der Waals surface area contributed by atoms with Crippen LogP contribution in [0.3, 0.4) is 0 Å². The molecule has 0 aliphatic carbocycles. The van der Waals surface area contributed by atoms with Gasteiger partial charge in [0.25, 0.3) is 5.91 Å². The van der Waals surface area contributed by atoms with E-state index >= 15 is 0 Å². The minimum Gasteiger partial charge on any atom is -0.397 e. The van der Waals surface area contributed by atoms with Crippen LogP contribution in [0.5, 0.6) is 0 Å². The Balaban J connectivity index is 2.21. The standard InChI is InChI=1S/C11H8BrClN4O/c12-6-3-9(10(13)16-4-6)17-11(18)8-2-1-7(14)5-15-8/h1-5H,14H2,(H,17,18). The second-order valence-electron chi connectivity index (χ2n) is 3.42. The van der Waals surface area contributed by atoms with Crippen molar-refractivity contribution in [3.63, 3.8) is 0 Å². The lowest BCUT2D eigenvalue weighted by atomic mass is 10.3. The van der Waals surface area contributed by atoms with Gasteiger partial charge in [-0.15, -0.1) is 0 Å². The van der Waals surface area contributed by atoms with E-state index in [2.05, 4.69) is 31.2 Å². The summed E-state index contributed by atoms with van der Waals surface area (Å²) in [4.78, 5) is 19.7. The summed E-state index contributed by atoms with van der Waals surface area (Å²) in [6.07, 6.45) is 2.95. The summed E-state index contributed by atoms with van der Waals surface area (Å²) >= 11 is 9.11. The molecule has 2 aromatic rings. The molecule has 2 aromatic heterocycles. The van der Waals surface area contributed by atoms with Crippen LogP contribution in [-0.4, -0.2) is 15.9 Å². The number of rotatable bonds is 2. The second kappa shape index (κ2) is 5.32. The first-order chi connectivity index (χ1) is 8.56. The number of anilines is 2. The Hall–Kier alpha value is -1.66. The molecule has 0 aliphatic heterocycles. The van der Waals surface area contributed by atoms with Crippen LogP contribution in [0.15, 0.2) is 35.1 Å². The van der Waals surface area contributed by atoms with Gasteiger partial charge in [-0.2, -0.15) is 0 Å². The average Bonchev–Trinajstić information content (AvgIpc) is 2.34. The number of amides is 1. The number of aromatic nitrogens is 2. The number of carbonyl (C=O) groups is 1.